The van der Waals surface area contributed by atoms with E-state index in [-0.39, 0.29) is 0 Å². The van der Waals surface area contributed by atoms with E-state index in [1.54, 1.807) is 0 Å². The fraction of sp³-hybridized carbons (Fsp3) is 0.154. The molecule has 2 rings (SSSR count). The molecule has 17 heavy (non-hydrogen) atoms. The zero-order valence-corrected chi connectivity index (χ0v) is 9.91. The summed E-state index contributed by atoms with van der Waals surface area (Å²) in [5.41, 5.74) is 3.03. The summed E-state index contributed by atoms with van der Waals surface area (Å²) in [6.45, 7) is 0. The van der Waals surface area contributed by atoms with Gasteiger partial charge in [-0.05, 0) is 36.4 Å². The highest BCUT2D eigenvalue weighted by Crippen LogP contribution is 2.16. The number of aromatic nitrogens is 1. The molecule has 0 radical (unpaired) electrons. The van der Waals surface area contributed by atoms with Crippen molar-refractivity contribution in [1.82, 2.24) is 4.57 Å². The lowest BCUT2D eigenvalue weighted by Crippen LogP contribution is -2.08. The van der Waals surface area contributed by atoms with Crippen molar-refractivity contribution in [2.24, 2.45) is 5.16 Å². The Morgan fingerprint density at radius 2 is 1.88 bits per heavy atom. The Labute approximate surface area is 100 Å². The van der Waals surface area contributed by atoms with Crippen LogP contribution in [-0.4, -0.2) is 30.1 Å². The van der Waals surface area contributed by atoms with Crippen LogP contribution in [0.5, 0.6) is 0 Å². The molecule has 4 heteroatoms. The van der Waals surface area contributed by atoms with E-state index in [0.29, 0.717) is 0 Å². The molecule has 0 saturated carbocycles. The molecule has 4 nitrogen and oxygen atoms in total. The number of hydrogen-bond acceptors (Lipinski definition) is 3. The van der Waals surface area contributed by atoms with Crippen LogP contribution >= 0.6 is 0 Å². The second-order valence-corrected chi connectivity index (χ2v) is 3.96. The van der Waals surface area contributed by atoms with Crippen LogP contribution < -0.4 is 4.90 Å². The first-order valence-corrected chi connectivity index (χ1v) is 5.35. The highest BCUT2D eigenvalue weighted by Gasteiger charge is 2.01. The number of oxime groups is 1. The minimum Gasteiger partial charge on any atom is -0.411 e. The van der Waals surface area contributed by atoms with Crippen LogP contribution in [0.25, 0.3) is 5.69 Å². The van der Waals surface area contributed by atoms with Crippen molar-refractivity contribution >= 4 is 11.9 Å². The zero-order chi connectivity index (χ0) is 12.3. The van der Waals surface area contributed by atoms with Crippen molar-refractivity contribution in [3.63, 3.8) is 0 Å². The molecule has 1 N–H and O–H groups in total. The van der Waals surface area contributed by atoms with E-state index in [9.17, 15) is 0 Å². The van der Waals surface area contributed by atoms with Crippen LogP contribution in [0.2, 0.25) is 0 Å². The fourth-order valence-corrected chi connectivity index (χ4v) is 1.70. The lowest BCUT2D eigenvalue weighted by atomic mass is 10.2. The maximum absolute atomic E-state index is 8.58. The van der Waals surface area contributed by atoms with E-state index < -0.39 is 0 Å². The van der Waals surface area contributed by atoms with Gasteiger partial charge in [0.1, 0.15) is 0 Å². The molecule has 0 fully saturated rings. The van der Waals surface area contributed by atoms with E-state index >= 15 is 0 Å². The van der Waals surface area contributed by atoms with Crippen LogP contribution in [0.1, 0.15) is 5.69 Å². The van der Waals surface area contributed by atoms with Crippen LogP contribution in [0, 0.1) is 0 Å². The third-order valence-corrected chi connectivity index (χ3v) is 2.61. The minimum atomic E-state index is 0.838. The quantitative estimate of drug-likeness (QED) is 0.498. The summed E-state index contributed by atoms with van der Waals surface area (Å²) in [5.74, 6) is 0. The van der Waals surface area contributed by atoms with Gasteiger partial charge in [0, 0.05) is 31.7 Å². The van der Waals surface area contributed by atoms with E-state index in [0.717, 1.165) is 17.1 Å². The third-order valence-electron chi connectivity index (χ3n) is 2.61. The number of hydrogen-bond donors (Lipinski definition) is 1. The molecule has 0 aliphatic heterocycles. The summed E-state index contributed by atoms with van der Waals surface area (Å²) < 4.78 is 1.96. The average molecular weight is 229 g/mol. The number of benzene rings is 1. The van der Waals surface area contributed by atoms with E-state index in [1.165, 1.54) is 6.21 Å². The molecule has 0 aliphatic rings. The molecule has 0 atom stereocenters. The van der Waals surface area contributed by atoms with Gasteiger partial charge in [0.15, 0.2) is 0 Å². The van der Waals surface area contributed by atoms with E-state index in [1.807, 2.05) is 49.1 Å². The van der Waals surface area contributed by atoms with Crippen molar-refractivity contribution in [3.8, 4) is 5.69 Å². The third kappa shape index (κ3) is 2.30. The van der Waals surface area contributed by atoms with Gasteiger partial charge >= 0.3 is 0 Å². The summed E-state index contributed by atoms with van der Waals surface area (Å²) in [7, 11) is 4.02. The van der Waals surface area contributed by atoms with Crippen LogP contribution in [0.15, 0.2) is 47.8 Å². The lowest BCUT2D eigenvalue weighted by molar-refractivity contribution is 0.321. The predicted molar refractivity (Wildman–Crippen MR) is 69.5 cm³/mol. The second kappa shape index (κ2) is 4.74. The van der Waals surface area contributed by atoms with Crippen molar-refractivity contribution in [2.45, 2.75) is 0 Å². The van der Waals surface area contributed by atoms with Gasteiger partial charge in [-0.25, -0.2) is 0 Å². The Balaban J connectivity index is 2.36. The first-order chi connectivity index (χ1) is 8.22. The fourth-order valence-electron chi connectivity index (χ4n) is 1.70. The predicted octanol–water partition coefficient (Wildman–Crippen LogP) is 2.35. The lowest BCUT2D eigenvalue weighted by Gasteiger charge is -2.13. The molecule has 0 bridgehead atoms. The normalized spacial score (nSPS) is 10.9. The first-order valence-electron chi connectivity index (χ1n) is 5.35. The molecular weight excluding hydrogens is 214 g/mol. The summed E-state index contributed by atoms with van der Waals surface area (Å²) in [5, 5.41) is 11.6. The molecule has 1 heterocycles. The molecule has 88 valence electrons. The summed E-state index contributed by atoms with van der Waals surface area (Å²) in [6.07, 6.45) is 3.35. The van der Waals surface area contributed by atoms with Gasteiger partial charge < -0.3 is 14.7 Å². The van der Waals surface area contributed by atoms with Gasteiger partial charge in [0.05, 0.1) is 11.9 Å². The van der Waals surface area contributed by atoms with Crippen LogP contribution in [0.4, 0.5) is 5.69 Å². The summed E-state index contributed by atoms with van der Waals surface area (Å²) >= 11 is 0. The smallest absolute Gasteiger partial charge is 0.0901 e. The molecular formula is C13H15N3O. The highest BCUT2D eigenvalue weighted by atomic mass is 16.4. The van der Waals surface area contributed by atoms with Gasteiger partial charge in [-0.2, -0.15) is 0 Å². The Kier molecular flexibility index (Phi) is 3.14. The SMILES string of the molecule is CN(C)c1ccc(-n2cccc2C=NO)cc1. The number of rotatable bonds is 3. The number of nitrogens with zero attached hydrogens (tertiary/aromatic N) is 3. The highest BCUT2D eigenvalue weighted by molar-refractivity contribution is 5.78. The molecule has 0 amide bonds. The topological polar surface area (TPSA) is 40.8 Å². The zero-order valence-electron chi connectivity index (χ0n) is 9.91. The average Bonchev–Trinajstić information content (AvgIpc) is 2.78. The van der Waals surface area contributed by atoms with Crippen molar-refractivity contribution in [1.29, 1.82) is 0 Å². The van der Waals surface area contributed by atoms with Crippen LogP contribution in [-0.2, 0) is 0 Å². The largest absolute Gasteiger partial charge is 0.411 e. The van der Waals surface area contributed by atoms with Gasteiger partial charge in [0.25, 0.3) is 0 Å². The van der Waals surface area contributed by atoms with E-state index in [2.05, 4.69) is 22.2 Å². The maximum Gasteiger partial charge on any atom is 0.0901 e. The van der Waals surface area contributed by atoms with Gasteiger partial charge in [-0.15, -0.1) is 0 Å². The monoisotopic (exact) mass is 229 g/mol. The maximum atomic E-state index is 8.58. The molecule has 0 spiro atoms. The number of anilines is 1. The van der Waals surface area contributed by atoms with Crippen molar-refractivity contribution in [2.75, 3.05) is 19.0 Å². The standard InChI is InChI=1S/C13H15N3O/c1-15(2)11-5-7-12(8-6-11)16-9-3-4-13(16)10-14-17/h3-10,17H,1-2H3. The Morgan fingerprint density at radius 3 is 2.47 bits per heavy atom. The van der Waals surface area contributed by atoms with E-state index in [4.69, 9.17) is 5.21 Å². The summed E-state index contributed by atoms with van der Waals surface area (Å²) in [6, 6.07) is 12.0. The van der Waals surface area contributed by atoms with Gasteiger partial charge in [-0.1, -0.05) is 5.16 Å². The van der Waals surface area contributed by atoms with Gasteiger partial charge in [-0.3, -0.25) is 0 Å². The Morgan fingerprint density at radius 1 is 1.18 bits per heavy atom. The first kappa shape index (κ1) is 11.3. The summed E-state index contributed by atoms with van der Waals surface area (Å²) in [4.78, 5) is 2.05. The Bertz CT molecular complexity index is 512. The molecule has 1 aromatic heterocycles. The molecule has 0 aliphatic carbocycles. The molecule has 1 aromatic carbocycles. The van der Waals surface area contributed by atoms with Gasteiger partial charge in [0.2, 0.25) is 0 Å². The molecule has 2 aromatic rings. The molecule has 0 saturated heterocycles. The van der Waals surface area contributed by atoms with Crippen LogP contribution in [0.3, 0.4) is 0 Å². The Hall–Kier alpha value is -2.23. The minimum absolute atomic E-state index is 0.838. The molecule has 0 unspecified atom stereocenters. The second-order valence-electron chi connectivity index (χ2n) is 3.96. The van der Waals surface area contributed by atoms with Crippen molar-refractivity contribution in [3.05, 3.63) is 48.3 Å². The van der Waals surface area contributed by atoms with Crippen molar-refractivity contribution < 1.29 is 5.21 Å².